The highest BCUT2D eigenvalue weighted by Crippen LogP contribution is 2.33. The number of hydrogen-bond donors (Lipinski definition) is 1. The van der Waals surface area contributed by atoms with Gasteiger partial charge in [-0.1, -0.05) is 6.07 Å². The molecule has 2 aromatic heterocycles. The molecule has 9 heteroatoms. The number of carbonyl (C=O) groups is 1. The fourth-order valence-electron chi connectivity index (χ4n) is 4.31. The van der Waals surface area contributed by atoms with Crippen molar-refractivity contribution in [2.75, 3.05) is 62.8 Å². The number of morpholine rings is 2. The third-order valence-corrected chi connectivity index (χ3v) is 6.25. The molecule has 0 radical (unpaired) electrons. The molecule has 5 rings (SSSR count). The van der Waals surface area contributed by atoms with Crippen LogP contribution >= 0.6 is 0 Å². The number of aromatic nitrogens is 3. The Hall–Kier alpha value is -3.43. The Morgan fingerprint density at radius 1 is 0.971 bits per heavy atom. The molecule has 34 heavy (non-hydrogen) atoms. The van der Waals surface area contributed by atoms with E-state index in [9.17, 15) is 4.79 Å². The van der Waals surface area contributed by atoms with E-state index >= 15 is 0 Å². The van der Waals surface area contributed by atoms with Crippen molar-refractivity contribution >= 4 is 17.5 Å². The monoisotopic (exact) mass is 462 g/mol. The number of pyridine rings is 1. The van der Waals surface area contributed by atoms with E-state index in [-0.39, 0.29) is 6.03 Å². The fraction of sp³-hybridized carbons (Fsp3) is 0.400. The van der Waals surface area contributed by atoms with Crippen LogP contribution in [0.3, 0.4) is 0 Å². The predicted molar refractivity (Wildman–Crippen MR) is 131 cm³/mol. The highest BCUT2D eigenvalue weighted by atomic mass is 16.5. The number of hydrogen-bond acceptors (Lipinski definition) is 6. The number of amides is 2. The Morgan fingerprint density at radius 2 is 1.71 bits per heavy atom. The molecular weight excluding hydrogens is 432 g/mol. The lowest BCUT2D eigenvalue weighted by molar-refractivity contribution is 0.0564. The van der Waals surface area contributed by atoms with Crippen LogP contribution in [-0.2, 0) is 16.5 Å². The molecule has 4 heterocycles. The molecule has 2 fully saturated rings. The molecule has 1 aromatic carbocycles. The van der Waals surface area contributed by atoms with E-state index in [1.807, 2.05) is 37.6 Å². The van der Waals surface area contributed by atoms with Gasteiger partial charge in [0.1, 0.15) is 5.82 Å². The lowest BCUT2D eigenvalue weighted by Gasteiger charge is -2.28. The number of nitrogens with one attached hydrogen (secondary N) is 1. The molecule has 2 aliphatic rings. The van der Waals surface area contributed by atoms with E-state index in [2.05, 4.69) is 34.4 Å². The van der Waals surface area contributed by atoms with Crippen LogP contribution in [0, 0.1) is 6.92 Å². The van der Waals surface area contributed by atoms with Gasteiger partial charge in [-0.3, -0.25) is 4.68 Å². The summed E-state index contributed by atoms with van der Waals surface area (Å²) < 4.78 is 12.7. The second-order valence-electron chi connectivity index (χ2n) is 8.66. The minimum atomic E-state index is -0.0992. The smallest absolute Gasteiger partial charge is 0.321 e. The van der Waals surface area contributed by atoms with Crippen molar-refractivity contribution in [1.29, 1.82) is 0 Å². The Balaban J connectivity index is 1.50. The SMILES string of the molecule is Cc1ccc(NC(=O)N2CCOCC2)cc1-c1cc(-c2cnn(C)c2)nc(N2CCOCC2)c1. The van der Waals surface area contributed by atoms with Crippen molar-refractivity contribution in [1.82, 2.24) is 19.7 Å². The summed E-state index contributed by atoms with van der Waals surface area (Å²) in [6, 6.07) is 10.2. The molecule has 2 amide bonds. The van der Waals surface area contributed by atoms with E-state index in [1.54, 1.807) is 9.58 Å². The first-order chi connectivity index (χ1) is 16.6. The third-order valence-electron chi connectivity index (χ3n) is 6.25. The molecule has 2 aliphatic heterocycles. The van der Waals surface area contributed by atoms with Crippen LogP contribution in [0.4, 0.5) is 16.3 Å². The fourth-order valence-corrected chi connectivity index (χ4v) is 4.31. The number of carbonyl (C=O) groups excluding carboxylic acids is 1. The van der Waals surface area contributed by atoms with Crippen LogP contribution in [-0.4, -0.2) is 78.3 Å². The van der Waals surface area contributed by atoms with Crippen LogP contribution in [0.25, 0.3) is 22.4 Å². The highest BCUT2D eigenvalue weighted by molar-refractivity contribution is 5.91. The summed E-state index contributed by atoms with van der Waals surface area (Å²) in [5.41, 5.74) is 5.84. The van der Waals surface area contributed by atoms with Gasteiger partial charge in [0.15, 0.2) is 0 Å². The van der Waals surface area contributed by atoms with Gasteiger partial charge in [-0.25, -0.2) is 9.78 Å². The van der Waals surface area contributed by atoms with Gasteiger partial charge in [0.25, 0.3) is 0 Å². The minimum Gasteiger partial charge on any atom is -0.378 e. The molecule has 0 bridgehead atoms. The molecule has 0 unspecified atom stereocenters. The van der Waals surface area contributed by atoms with Gasteiger partial charge in [0.05, 0.1) is 38.3 Å². The van der Waals surface area contributed by atoms with Crippen molar-refractivity contribution in [3.8, 4) is 22.4 Å². The average Bonchev–Trinajstić information content (AvgIpc) is 3.32. The summed E-state index contributed by atoms with van der Waals surface area (Å²) >= 11 is 0. The van der Waals surface area contributed by atoms with E-state index in [0.717, 1.165) is 52.5 Å². The Kier molecular flexibility index (Phi) is 6.46. The van der Waals surface area contributed by atoms with Crippen molar-refractivity contribution in [3.63, 3.8) is 0 Å². The zero-order valence-electron chi connectivity index (χ0n) is 19.7. The van der Waals surface area contributed by atoms with Crippen molar-refractivity contribution in [2.24, 2.45) is 7.05 Å². The molecule has 0 aliphatic carbocycles. The normalized spacial score (nSPS) is 16.5. The number of benzene rings is 1. The number of anilines is 2. The summed E-state index contributed by atoms with van der Waals surface area (Å²) in [6.07, 6.45) is 3.81. The molecule has 1 N–H and O–H groups in total. The zero-order valence-corrected chi connectivity index (χ0v) is 19.7. The van der Waals surface area contributed by atoms with Crippen LogP contribution < -0.4 is 10.2 Å². The van der Waals surface area contributed by atoms with Crippen LogP contribution in [0.1, 0.15) is 5.56 Å². The number of aryl methyl sites for hydroxylation is 2. The molecule has 2 saturated heterocycles. The van der Waals surface area contributed by atoms with E-state index in [0.29, 0.717) is 39.5 Å². The number of rotatable bonds is 4. The molecule has 3 aromatic rings. The summed E-state index contributed by atoms with van der Waals surface area (Å²) in [6.45, 7) is 7.43. The number of urea groups is 1. The summed E-state index contributed by atoms with van der Waals surface area (Å²) in [7, 11) is 1.90. The standard InChI is InChI=1S/C25H30N6O3/c1-18-3-4-21(27-25(32)31-7-11-34-12-8-31)15-22(18)19-13-23(20-16-26-29(2)17-20)28-24(14-19)30-5-9-33-10-6-30/h3-4,13-17H,5-12H2,1-2H3,(H,27,32). The molecular formula is C25H30N6O3. The first kappa shape index (κ1) is 22.4. The van der Waals surface area contributed by atoms with E-state index in [4.69, 9.17) is 14.5 Å². The second-order valence-corrected chi connectivity index (χ2v) is 8.66. The topological polar surface area (TPSA) is 84.8 Å². The maximum atomic E-state index is 12.7. The quantitative estimate of drug-likeness (QED) is 0.641. The molecule has 178 valence electrons. The van der Waals surface area contributed by atoms with Gasteiger partial charge >= 0.3 is 6.03 Å². The molecule has 0 atom stereocenters. The van der Waals surface area contributed by atoms with E-state index in [1.165, 1.54) is 0 Å². The van der Waals surface area contributed by atoms with Gasteiger partial charge in [-0.05, 0) is 47.9 Å². The first-order valence-electron chi connectivity index (χ1n) is 11.7. The van der Waals surface area contributed by atoms with Gasteiger partial charge in [0.2, 0.25) is 0 Å². The summed E-state index contributed by atoms with van der Waals surface area (Å²) in [5.74, 6) is 0.918. The maximum Gasteiger partial charge on any atom is 0.321 e. The Labute approximate surface area is 199 Å². The van der Waals surface area contributed by atoms with Gasteiger partial charge in [-0.15, -0.1) is 0 Å². The number of ether oxygens (including phenoxy) is 2. The lowest BCUT2D eigenvalue weighted by atomic mass is 9.98. The highest BCUT2D eigenvalue weighted by Gasteiger charge is 2.19. The largest absolute Gasteiger partial charge is 0.378 e. The lowest BCUT2D eigenvalue weighted by Crippen LogP contribution is -2.43. The average molecular weight is 463 g/mol. The Bertz CT molecular complexity index is 1170. The maximum absolute atomic E-state index is 12.7. The zero-order chi connectivity index (χ0) is 23.5. The number of nitrogens with zero attached hydrogens (tertiary/aromatic N) is 5. The van der Waals surface area contributed by atoms with Gasteiger partial charge in [0, 0.05) is 50.7 Å². The van der Waals surface area contributed by atoms with Crippen LogP contribution in [0.2, 0.25) is 0 Å². The third kappa shape index (κ3) is 4.90. The summed E-state index contributed by atoms with van der Waals surface area (Å²) in [5, 5.41) is 7.38. The van der Waals surface area contributed by atoms with Crippen molar-refractivity contribution in [2.45, 2.75) is 6.92 Å². The van der Waals surface area contributed by atoms with Crippen molar-refractivity contribution in [3.05, 3.63) is 48.3 Å². The minimum absolute atomic E-state index is 0.0992. The molecule has 0 spiro atoms. The first-order valence-corrected chi connectivity index (χ1v) is 11.7. The van der Waals surface area contributed by atoms with Gasteiger partial charge < -0.3 is 24.6 Å². The van der Waals surface area contributed by atoms with Crippen LogP contribution in [0.5, 0.6) is 0 Å². The van der Waals surface area contributed by atoms with Crippen LogP contribution in [0.15, 0.2) is 42.7 Å². The molecule has 9 nitrogen and oxygen atoms in total. The van der Waals surface area contributed by atoms with E-state index < -0.39 is 0 Å². The summed E-state index contributed by atoms with van der Waals surface area (Å²) in [4.78, 5) is 21.7. The Morgan fingerprint density at radius 3 is 2.41 bits per heavy atom. The second kappa shape index (κ2) is 9.82. The van der Waals surface area contributed by atoms with Gasteiger partial charge in [-0.2, -0.15) is 5.10 Å². The van der Waals surface area contributed by atoms with Crippen molar-refractivity contribution < 1.29 is 14.3 Å². The predicted octanol–water partition coefficient (Wildman–Crippen LogP) is 3.16. The molecule has 0 saturated carbocycles.